The predicted octanol–water partition coefficient (Wildman–Crippen LogP) is 4.32. The minimum Gasteiger partial charge on any atom is -0.302 e. The number of halogens is 2. The van der Waals surface area contributed by atoms with Crippen molar-refractivity contribution in [2.45, 2.75) is 6.42 Å². The van der Waals surface area contributed by atoms with Crippen LogP contribution in [0, 0.1) is 0 Å². The van der Waals surface area contributed by atoms with E-state index in [1.165, 1.54) is 16.8 Å². The molecule has 4 rings (SSSR count). The van der Waals surface area contributed by atoms with E-state index in [9.17, 15) is 0 Å². The maximum atomic E-state index is 6.04. The van der Waals surface area contributed by atoms with E-state index in [4.69, 9.17) is 16.6 Å². The van der Waals surface area contributed by atoms with Crippen molar-refractivity contribution in [3.63, 3.8) is 0 Å². The molecule has 3 aromatic rings. The molecular formula is C14H8BrClN2. The number of pyridine rings is 1. The lowest BCUT2D eigenvalue weighted by Crippen LogP contribution is -1.91. The second kappa shape index (κ2) is 3.59. The van der Waals surface area contributed by atoms with Gasteiger partial charge in [-0.2, -0.15) is 0 Å². The molecule has 0 atom stereocenters. The smallest absolute Gasteiger partial charge is 0.137 e. The SMILES string of the molecule is Clc1ccc2c(c1)Cc1c-2nc2ccc(Br)cn12. The molecule has 1 aromatic carbocycles. The molecule has 18 heavy (non-hydrogen) atoms. The molecule has 2 aromatic heterocycles. The third kappa shape index (κ3) is 1.38. The van der Waals surface area contributed by atoms with Gasteiger partial charge in [0.2, 0.25) is 0 Å². The van der Waals surface area contributed by atoms with Gasteiger partial charge in [0.1, 0.15) is 5.65 Å². The first kappa shape index (κ1) is 10.6. The van der Waals surface area contributed by atoms with Crippen LogP contribution in [0.2, 0.25) is 5.02 Å². The second-order valence-electron chi connectivity index (χ2n) is 4.46. The van der Waals surface area contributed by atoms with Crippen molar-refractivity contribution < 1.29 is 0 Å². The van der Waals surface area contributed by atoms with Gasteiger partial charge in [-0.3, -0.25) is 0 Å². The molecule has 0 saturated heterocycles. The molecule has 0 N–H and O–H groups in total. The Hall–Kier alpha value is -1.32. The molecule has 2 heterocycles. The highest BCUT2D eigenvalue weighted by Gasteiger charge is 2.24. The highest BCUT2D eigenvalue weighted by Crippen LogP contribution is 2.37. The van der Waals surface area contributed by atoms with Gasteiger partial charge in [0.25, 0.3) is 0 Å². The van der Waals surface area contributed by atoms with E-state index in [1.807, 2.05) is 24.3 Å². The van der Waals surface area contributed by atoms with Crippen LogP contribution in [0.3, 0.4) is 0 Å². The van der Waals surface area contributed by atoms with E-state index in [1.54, 1.807) is 0 Å². The Bertz CT molecular complexity index is 792. The van der Waals surface area contributed by atoms with Crippen LogP contribution >= 0.6 is 27.5 Å². The highest BCUT2D eigenvalue weighted by molar-refractivity contribution is 9.10. The van der Waals surface area contributed by atoms with Gasteiger partial charge in [-0.15, -0.1) is 0 Å². The van der Waals surface area contributed by atoms with Gasteiger partial charge in [-0.05, 0) is 45.8 Å². The third-order valence-corrected chi connectivity index (χ3v) is 4.07. The average molecular weight is 320 g/mol. The van der Waals surface area contributed by atoms with E-state index in [0.717, 1.165) is 27.3 Å². The molecule has 0 aliphatic heterocycles. The summed E-state index contributed by atoms with van der Waals surface area (Å²) in [7, 11) is 0. The molecule has 0 spiro atoms. The summed E-state index contributed by atoms with van der Waals surface area (Å²) in [5, 5.41) is 0.786. The molecule has 1 aliphatic carbocycles. The Morgan fingerprint density at radius 1 is 1.22 bits per heavy atom. The molecule has 2 nitrogen and oxygen atoms in total. The van der Waals surface area contributed by atoms with Crippen LogP contribution < -0.4 is 0 Å². The molecule has 88 valence electrons. The Balaban J connectivity index is 2.04. The zero-order valence-electron chi connectivity index (χ0n) is 9.32. The fraction of sp³-hybridized carbons (Fsp3) is 0.0714. The number of nitrogens with zero attached hydrogens (tertiary/aromatic N) is 2. The third-order valence-electron chi connectivity index (χ3n) is 3.36. The van der Waals surface area contributed by atoms with Crippen molar-refractivity contribution in [3.05, 3.63) is 57.3 Å². The van der Waals surface area contributed by atoms with Crippen molar-refractivity contribution in [2.24, 2.45) is 0 Å². The van der Waals surface area contributed by atoms with Gasteiger partial charge in [0, 0.05) is 27.7 Å². The average Bonchev–Trinajstić information content (AvgIpc) is 2.84. The van der Waals surface area contributed by atoms with Crippen LogP contribution in [-0.4, -0.2) is 9.38 Å². The van der Waals surface area contributed by atoms with Crippen LogP contribution in [0.25, 0.3) is 16.9 Å². The maximum Gasteiger partial charge on any atom is 0.137 e. The minimum absolute atomic E-state index is 0.786. The zero-order valence-corrected chi connectivity index (χ0v) is 11.7. The number of aromatic nitrogens is 2. The summed E-state index contributed by atoms with van der Waals surface area (Å²) < 4.78 is 3.21. The molecule has 0 amide bonds. The molecule has 0 radical (unpaired) electrons. The van der Waals surface area contributed by atoms with Crippen molar-refractivity contribution in [1.29, 1.82) is 0 Å². The predicted molar refractivity (Wildman–Crippen MR) is 76.1 cm³/mol. The molecule has 4 heteroatoms. The Morgan fingerprint density at radius 3 is 3.00 bits per heavy atom. The van der Waals surface area contributed by atoms with Crippen molar-refractivity contribution in [3.8, 4) is 11.3 Å². The number of rotatable bonds is 0. The van der Waals surface area contributed by atoms with Gasteiger partial charge < -0.3 is 4.40 Å². The fourth-order valence-corrected chi connectivity index (χ4v) is 3.10. The molecular weight excluding hydrogens is 312 g/mol. The summed E-state index contributed by atoms with van der Waals surface area (Å²) in [6, 6.07) is 10.1. The van der Waals surface area contributed by atoms with Gasteiger partial charge in [-0.1, -0.05) is 17.7 Å². The van der Waals surface area contributed by atoms with Crippen molar-refractivity contribution in [2.75, 3.05) is 0 Å². The summed E-state index contributed by atoms with van der Waals surface area (Å²) >= 11 is 9.54. The van der Waals surface area contributed by atoms with Crippen molar-refractivity contribution in [1.82, 2.24) is 9.38 Å². The quantitative estimate of drug-likeness (QED) is 0.472. The molecule has 0 fully saturated rings. The topological polar surface area (TPSA) is 17.3 Å². The lowest BCUT2D eigenvalue weighted by atomic mass is 10.1. The van der Waals surface area contributed by atoms with Gasteiger partial charge in [-0.25, -0.2) is 4.98 Å². The lowest BCUT2D eigenvalue weighted by Gasteiger charge is -2.00. The van der Waals surface area contributed by atoms with Crippen LogP contribution in [-0.2, 0) is 6.42 Å². The Labute approximate surface area is 117 Å². The summed E-state index contributed by atoms with van der Waals surface area (Å²) in [5.74, 6) is 0. The zero-order chi connectivity index (χ0) is 12.3. The Kier molecular flexibility index (Phi) is 2.11. The van der Waals surface area contributed by atoms with E-state index < -0.39 is 0 Å². The van der Waals surface area contributed by atoms with Gasteiger partial charge >= 0.3 is 0 Å². The largest absolute Gasteiger partial charge is 0.302 e. The van der Waals surface area contributed by atoms with E-state index in [2.05, 4.69) is 32.6 Å². The highest BCUT2D eigenvalue weighted by atomic mass is 79.9. The Morgan fingerprint density at radius 2 is 2.11 bits per heavy atom. The molecule has 0 bridgehead atoms. The number of hydrogen-bond donors (Lipinski definition) is 0. The summed E-state index contributed by atoms with van der Waals surface area (Å²) in [4.78, 5) is 4.70. The second-order valence-corrected chi connectivity index (χ2v) is 5.81. The number of imidazole rings is 1. The van der Waals surface area contributed by atoms with Crippen LogP contribution in [0.1, 0.15) is 11.3 Å². The van der Waals surface area contributed by atoms with E-state index in [-0.39, 0.29) is 0 Å². The number of fused-ring (bicyclic) bond motifs is 5. The minimum atomic E-state index is 0.786. The first-order valence-electron chi connectivity index (χ1n) is 5.68. The first-order valence-corrected chi connectivity index (χ1v) is 6.85. The van der Waals surface area contributed by atoms with Crippen LogP contribution in [0.15, 0.2) is 41.0 Å². The molecule has 1 aliphatic rings. The number of hydrogen-bond acceptors (Lipinski definition) is 1. The molecule has 0 saturated carbocycles. The normalized spacial score (nSPS) is 12.8. The summed E-state index contributed by atoms with van der Waals surface area (Å²) in [5.41, 5.74) is 5.77. The van der Waals surface area contributed by atoms with Crippen LogP contribution in [0.4, 0.5) is 0 Å². The van der Waals surface area contributed by atoms with Gasteiger partial charge in [0.05, 0.1) is 11.4 Å². The van der Waals surface area contributed by atoms with Crippen LogP contribution in [0.5, 0.6) is 0 Å². The summed E-state index contributed by atoms with van der Waals surface area (Å²) in [6.45, 7) is 0. The van der Waals surface area contributed by atoms with E-state index >= 15 is 0 Å². The molecule has 0 unspecified atom stereocenters. The monoisotopic (exact) mass is 318 g/mol. The van der Waals surface area contributed by atoms with E-state index in [0.29, 0.717) is 0 Å². The number of benzene rings is 1. The fourth-order valence-electron chi connectivity index (χ4n) is 2.57. The lowest BCUT2D eigenvalue weighted by molar-refractivity contribution is 1.05. The van der Waals surface area contributed by atoms with Gasteiger partial charge in [0.15, 0.2) is 0 Å². The van der Waals surface area contributed by atoms with Crippen molar-refractivity contribution >= 4 is 33.2 Å². The standard InChI is InChI=1S/C14H8BrClN2/c15-9-1-4-13-17-14-11-3-2-10(16)5-8(11)6-12(14)18(13)7-9/h1-5,7H,6H2. The first-order chi connectivity index (χ1) is 8.72. The summed E-state index contributed by atoms with van der Waals surface area (Å²) in [6.07, 6.45) is 2.96. The maximum absolute atomic E-state index is 6.04.